The van der Waals surface area contributed by atoms with Crippen LogP contribution in [0.5, 0.6) is 0 Å². The number of carbonyl (C=O) groups excluding carboxylic acids is 1. The van der Waals surface area contributed by atoms with Crippen molar-refractivity contribution in [1.82, 2.24) is 9.97 Å². The zero-order chi connectivity index (χ0) is 17.0. The first-order chi connectivity index (χ1) is 10.8. The van der Waals surface area contributed by atoms with Gasteiger partial charge in [0, 0.05) is 11.7 Å². The summed E-state index contributed by atoms with van der Waals surface area (Å²) in [5.74, 6) is 0.352. The van der Waals surface area contributed by atoms with Crippen LogP contribution < -0.4 is 11.1 Å². The fraction of sp³-hybridized carbons (Fsp3) is 0.706. The highest BCUT2D eigenvalue weighted by Crippen LogP contribution is 2.28. The molecule has 1 amide bonds. The Labute approximate surface area is 137 Å². The molecule has 4 N–H and O–H groups in total. The normalized spacial score (nSPS) is 21.9. The van der Waals surface area contributed by atoms with Gasteiger partial charge in [-0.3, -0.25) is 4.79 Å². The van der Waals surface area contributed by atoms with Crippen LogP contribution in [0.2, 0.25) is 0 Å². The first-order valence-electron chi connectivity index (χ1n) is 8.42. The van der Waals surface area contributed by atoms with Crippen LogP contribution in [-0.2, 0) is 6.42 Å². The van der Waals surface area contributed by atoms with Gasteiger partial charge in [0.15, 0.2) is 0 Å². The molecular weight excluding hydrogens is 292 g/mol. The van der Waals surface area contributed by atoms with Crippen molar-refractivity contribution in [3.05, 3.63) is 17.5 Å². The van der Waals surface area contributed by atoms with Crippen LogP contribution >= 0.6 is 0 Å². The van der Waals surface area contributed by atoms with Gasteiger partial charge in [0.25, 0.3) is 5.91 Å². The van der Waals surface area contributed by atoms with E-state index in [1.54, 1.807) is 0 Å². The van der Waals surface area contributed by atoms with Gasteiger partial charge in [-0.05, 0) is 51.9 Å². The lowest BCUT2D eigenvalue weighted by Gasteiger charge is -2.27. The van der Waals surface area contributed by atoms with Gasteiger partial charge >= 0.3 is 0 Å². The van der Waals surface area contributed by atoms with Crippen LogP contribution in [0, 0.1) is 5.92 Å². The van der Waals surface area contributed by atoms with Gasteiger partial charge in [-0.1, -0.05) is 13.3 Å². The molecule has 0 saturated heterocycles. The topological polar surface area (TPSA) is 101 Å². The minimum atomic E-state index is -0.502. The van der Waals surface area contributed by atoms with Crippen molar-refractivity contribution in [2.24, 2.45) is 11.7 Å². The molecule has 1 saturated carbocycles. The van der Waals surface area contributed by atoms with Crippen molar-refractivity contribution in [3.63, 3.8) is 0 Å². The maximum Gasteiger partial charge on any atom is 0.252 e. The van der Waals surface area contributed by atoms with Crippen molar-refractivity contribution < 1.29 is 9.90 Å². The highest BCUT2D eigenvalue weighted by molar-refractivity contribution is 5.93. The molecule has 0 radical (unpaired) electrons. The third-order valence-electron chi connectivity index (χ3n) is 4.70. The monoisotopic (exact) mass is 320 g/mol. The Bertz CT molecular complexity index is 560. The molecule has 128 valence electrons. The number of aliphatic hydroxyl groups is 1. The molecule has 1 aromatic rings. The minimum Gasteiger partial charge on any atom is -0.393 e. The van der Waals surface area contributed by atoms with E-state index >= 15 is 0 Å². The number of anilines is 1. The summed E-state index contributed by atoms with van der Waals surface area (Å²) in [6.07, 6.45) is 6.52. The van der Waals surface area contributed by atoms with Gasteiger partial charge in [0.05, 0.1) is 17.4 Å². The lowest BCUT2D eigenvalue weighted by Crippen LogP contribution is -2.31. The molecule has 0 spiro atoms. The number of hydrogen-bond donors (Lipinski definition) is 3. The van der Waals surface area contributed by atoms with Gasteiger partial charge in [0.2, 0.25) is 5.95 Å². The number of nitrogens with two attached hydrogens (primary N) is 1. The molecule has 1 fully saturated rings. The predicted octanol–water partition coefficient (Wildman–Crippen LogP) is 2.27. The van der Waals surface area contributed by atoms with Gasteiger partial charge in [-0.25, -0.2) is 9.97 Å². The van der Waals surface area contributed by atoms with E-state index in [1.807, 2.05) is 0 Å². The molecule has 0 unspecified atom stereocenters. The minimum absolute atomic E-state index is 0.119. The number of hydrogen-bond acceptors (Lipinski definition) is 5. The largest absolute Gasteiger partial charge is 0.393 e. The van der Waals surface area contributed by atoms with E-state index < -0.39 is 5.91 Å². The molecule has 2 rings (SSSR count). The van der Waals surface area contributed by atoms with E-state index in [-0.39, 0.29) is 11.6 Å². The fourth-order valence-electron chi connectivity index (χ4n) is 2.95. The Hall–Kier alpha value is -1.69. The average Bonchev–Trinajstić information content (AvgIpc) is 2.47. The molecule has 1 aliphatic rings. The number of amides is 1. The van der Waals surface area contributed by atoms with Gasteiger partial charge in [-0.15, -0.1) is 0 Å². The van der Waals surface area contributed by atoms with Crippen LogP contribution in [0.15, 0.2) is 6.20 Å². The second kappa shape index (κ2) is 7.25. The Morgan fingerprint density at radius 1 is 1.48 bits per heavy atom. The van der Waals surface area contributed by atoms with E-state index in [4.69, 9.17) is 5.73 Å². The van der Waals surface area contributed by atoms with E-state index in [0.29, 0.717) is 29.5 Å². The van der Waals surface area contributed by atoms with Gasteiger partial charge in [0.1, 0.15) is 0 Å². The lowest BCUT2D eigenvalue weighted by atomic mass is 9.84. The predicted molar refractivity (Wildman–Crippen MR) is 90.2 cm³/mol. The Balaban J connectivity index is 2.21. The first-order valence-corrected chi connectivity index (χ1v) is 8.42. The lowest BCUT2D eigenvalue weighted by molar-refractivity contribution is 0.0987. The quantitative estimate of drug-likeness (QED) is 0.746. The maximum atomic E-state index is 11.7. The van der Waals surface area contributed by atoms with Crippen molar-refractivity contribution in [2.45, 2.75) is 70.9 Å². The molecular formula is C17H28N4O2. The number of carbonyl (C=O) groups is 1. The number of primary amides is 1. The summed E-state index contributed by atoms with van der Waals surface area (Å²) in [4.78, 5) is 20.4. The van der Waals surface area contributed by atoms with Crippen LogP contribution in [0.1, 0.15) is 68.9 Å². The van der Waals surface area contributed by atoms with Crippen LogP contribution in [0.25, 0.3) is 0 Å². The molecule has 1 aromatic heterocycles. The van der Waals surface area contributed by atoms with Gasteiger partial charge < -0.3 is 16.2 Å². The molecule has 0 aromatic carbocycles. The molecule has 0 aliphatic heterocycles. The molecule has 0 bridgehead atoms. The van der Waals surface area contributed by atoms with E-state index in [2.05, 4.69) is 36.1 Å². The second-order valence-corrected chi connectivity index (χ2v) is 7.17. The number of aromatic nitrogens is 2. The Morgan fingerprint density at radius 2 is 2.22 bits per heavy atom. The zero-order valence-electron chi connectivity index (χ0n) is 14.3. The molecule has 6 heteroatoms. The van der Waals surface area contributed by atoms with E-state index in [9.17, 15) is 9.90 Å². The summed E-state index contributed by atoms with van der Waals surface area (Å²) < 4.78 is 0. The van der Waals surface area contributed by atoms with Crippen LogP contribution in [0.3, 0.4) is 0 Å². The van der Waals surface area contributed by atoms with Crippen molar-refractivity contribution in [3.8, 4) is 0 Å². The molecule has 6 nitrogen and oxygen atoms in total. The highest BCUT2D eigenvalue weighted by Gasteiger charge is 2.24. The number of aliphatic hydroxyl groups excluding tert-OH is 1. The Kier molecular flexibility index (Phi) is 5.57. The summed E-state index contributed by atoms with van der Waals surface area (Å²) in [7, 11) is 0. The summed E-state index contributed by atoms with van der Waals surface area (Å²) in [5, 5.41) is 13.1. The molecule has 23 heavy (non-hydrogen) atoms. The number of rotatable bonds is 6. The zero-order valence-corrected chi connectivity index (χ0v) is 14.3. The van der Waals surface area contributed by atoms with Crippen molar-refractivity contribution in [1.29, 1.82) is 0 Å². The first kappa shape index (κ1) is 17.7. The maximum absolute atomic E-state index is 11.7. The second-order valence-electron chi connectivity index (χ2n) is 7.17. The Morgan fingerprint density at radius 3 is 2.83 bits per heavy atom. The SMILES string of the molecule is CCC(C)(C)Nc1ncc(C(N)=O)c(C[C@@H]2CCC[C@H](O)C2)n1. The van der Waals surface area contributed by atoms with Crippen molar-refractivity contribution >= 4 is 11.9 Å². The average molecular weight is 320 g/mol. The molecule has 1 aliphatic carbocycles. The smallest absolute Gasteiger partial charge is 0.252 e. The summed E-state index contributed by atoms with van der Waals surface area (Å²) in [6, 6.07) is 0. The third-order valence-corrected chi connectivity index (χ3v) is 4.70. The standard InChI is InChI=1S/C17H28N4O2/c1-4-17(2,3)21-16-19-10-13(15(18)23)14(20-16)9-11-6-5-7-12(22)8-11/h10-12,22H,4-9H2,1-3H3,(H2,18,23)(H,19,20,21)/t11-,12+/m1/s1. The van der Waals surface area contributed by atoms with E-state index in [0.717, 1.165) is 32.1 Å². The summed E-state index contributed by atoms with van der Waals surface area (Å²) in [5.41, 5.74) is 6.40. The van der Waals surface area contributed by atoms with Crippen LogP contribution in [-0.4, -0.2) is 32.6 Å². The van der Waals surface area contributed by atoms with Crippen LogP contribution in [0.4, 0.5) is 5.95 Å². The number of nitrogens with zero attached hydrogens (tertiary/aromatic N) is 2. The summed E-state index contributed by atoms with van der Waals surface area (Å²) in [6.45, 7) is 6.25. The molecule has 2 atom stereocenters. The van der Waals surface area contributed by atoms with E-state index in [1.165, 1.54) is 6.20 Å². The highest BCUT2D eigenvalue weighted by atomic mass is 16.3. The summed E-state index contributed by atoms with van der Waals surface area (Å²) >= 11 is 0. The third kappa shape index (κ3) is 4.89. The molecule has 1 heterocycles. The fourth-order valence-corrected chi connectivity index (χ4v) is 2.95. The number of nitrogens with one attached hydrogen (secondary N) is 1. The van der Waals surface area contributed by atoms with Gasteiger partial charge in [-0.2, -0.15) is 0 Å². The van der Waals surface area contributed by atoms with Crippen molar-refractivity contribution in [2.75, 3.05) is 5.32 Å².